The molecular weight excluding hydrogens is 160 g/mol. The molecule has 0 aliphatic heterocycles. The summed E-state index contributed by atoms with van der Waals surface area (Å²) in [5.74, 6) is 0. The zero-order valence-electron chi connectivity index (χ0n) is 7.61. The molecule has 76 valence electrons. The predicted octanol–water partition coefficient (Wildman–Crippen LogP) is -0.152. The standard InChI is InChI=1S/C5H12O2.C3H8O2/c1-2-3-4-5(6)7;4-2-1-3-5/h5-7H,2-4H2,1H3;4-5H,1-3H2. The minimum absolute atomic E-state index is 0.0938. The molecule has 0 unspecified atom stereocenters. The first-order valence-corrected chi connectivity index (χ1v) is 4.26. The number of unbranched alkanes of at least 4 members (excludes halogenated alkanes) is 1. The Balaban J connectivity index is 0. The van der Waals surface area contributed by atoms with E-state index >= 15 is 0 Å². The Morgan fingerprint density at radius 2 is 1.50 bits per heavy atom. The van der Waals surface area contributed by atoms with Gasteiger partial charge in [-0.25, -0.2) is 0 Å². The van der Waals surface area contributed by atoms with Crippen molar-refractivity contribution in [1.82, 2.24) is 0 Å². The Kier molecular flexibility index (Phi) is 16.1. The molecule has 0 radical (unpaired) electrons. The molecule has 0 rings (SSSR count). The third kappa shape index (κ3) is 22.5. The molecule has 0 heterocycles. The molecule has 0 amide bonds. The fourth-order valence-corrected chi connectivity index (χ4v) is 0.457. The van der Waals surface area contributed by atoms with Gasteiger partial charge in [-0.15, -0.1) is 0 Å². The van der Waals surface area contributed by atoms with Crippen molar-refractivity contribution >= 4 is 0 Å². The number of hydrogen-bond acceptors (Lipinski definition) is 4. The van der Waals surface area contributed by atoms with Crippen LogP contribution in [0, 0.1) is 0 Å². The first-order valence-electron chi connectivity index (χ1n) is 4.26. The van der Waals surface area contributed by atoms with Crippen molar-refractivity contribution in [2.45, 2.75) is 38.9 Å². The maximum atomic E-state index is 8.24. The van der Waals surface area contributed by atoms with Gasteiger partial charge in [-0.05, 0) is 19.3 Å². The van der Waals surface area contributed by atoms with Crippen molar-refractivity contribution in [1.29, 1.82) is 0 Å². The quantitative estimate of drug-likeness (QED) is 0.443. The fraction of sp³-hybridized carbons (Fsp3) is 1.00. The summed E-state index contributed by atoms with van der Waals surface area (Å²) in [7, 11) is 0. The van der Waals surface area contributed by atoms with E-state index in [1.165, 1.54) is 0 Å². The van der Waals surface area contributed by atoms with Crippen LogP contribution in [-0.4, -0.2) is 39.9 Å². The summed E-state index contributed by atoms with van der Waals surface area (Å²) >= 11 is 0. The topological polar surface area (TPSA) is 80.9 Å². The molecule has 4 N–H and O–H groups in total. The molecule has 0 aliphatic rings. The first-order chi connectivity index (χ1) is 5.68. The highest BCUT2D eigenvalue weighted by Gasteiger charge is 1.92. The highest BCUT2D eigenvalue weighted by atomic mass is 16.5. The molecule has 4 heteroatoms. The van der Waals surface area contributed by atoms with Crippen molar-refractivity contribution < 1.29 is 20.4 Å². The molecule has 0 saturated carbocycles. The third-order valence-corrected chi connectivity index (χ3v) is 1.13. The second kappa shape index (κ2) is 13.4. The molecule has 0 aromatic rings. The van der Waals surface area contributed by atoms with Gasteiger partial charge in [0.2, 0.25) is 0 Å². The van der Waals surface area contributed by atoms with Crippen molar-refractivity contribution in [3.05, 3.63) is 0 Å². The van der Waals surface area contributed by atoms with Gasteiger partial charge in [0.25, 0.3) is 0 Å². The Hall–Kier alpha value is -0.160. The Morgan fingerprint density at radius 1 is 1.00 bits per heavy atom. The molecule has 0 saturated heterocycles. The van der Waals surface area contributed by atoms with E-state index in [0.717, 1.165) is 12.8 Å². The molecule has 4 nitrogen and oxygen atoms in total. The van der Waals surface area contributed by atoms with Crippen LogP contribution in [0.4, 0.5) is 0 Å². The van der Waals surface area contributed by atoms with Crippen molar-refractivity contribution in [2.75, 3.05) is 13.2 Å². The molecule has 0 bridgehead atoms. The third-order valence-electron chi connectivity index (χ3n) is 1.13. The van der Waals surface area contributed by atoms with E-state index in [2.05, 4.69) is 0 Å². The summed E-state index contributed by atoms with van der Waals surface area (Å²) in [5, 5.41) is 32.3. The van der Waals surface area contributed by atoms with Crippen LogP contribution in [0.3, 0.4) is 0 Å². The minimum Gasteiger partial charge on any atom is -0.396 e. The van der Waals surface area contributed by atoms with E-state index in [0.29, 0.717) is 12.8 Å². The van der Waals surface area contributed by atoms with E-state index in [9.17, 15) is 0 Å². The lowest BCUT2D eigenvalue weighted by atomic mass is 10.2. The molecule has 0 spiro atoms. The van der Waals surface area contributed by atoms with Gasteiger partial charge in [-0.2, -0.15) is 0 Å². The maximum absolute atomic E-state index is 8.24. The van der Waals surface area contributed by atoms with Gasteiger partial charge in [0.15, 0.2) is 6.29 Å². The zero-order chi connectivity index (χ0) is 9.82. The van der Waals surface area contributed by atoms with Crippen LogP contribution in [0.2, 0.25) is 0 Å². The lowest BCUT2D eigenvalue weighted by molar-refractivity contribution is -0.0463. The van der Waals surface area contributed by atoms with Gasteiger partial charge in [-0.1, -0.05) is 13.3 Å². The fourth-order valence-electron chi connectivity index (χ4n) is 0.457. The van der Waals surface area contributed by atoms with Gasteiger partial charge in [-0.3, -0.25) is 0 Å². The lowest BCUT2D eigenvalue weighted by Crippen LogP contribution is -2.02. The van der Waals surface area contributed by atoms with Gasteiger partial charge in [0.1, 0.15) is 0 Å². The molecule has 0 aliphatic carbocycles. The molecule has 0 aromatic carbocycles. The average molecular weight is 180 g/mol. The van der Waals surface area contributed by atoms with Crippen molar-refractivity contribution in [2.24, 2.45) is 0 Å². The summed E-state index contributed by atoms with van der Waals surface area (Å²) in [6.07, 6.45) is 1.84. The zero-order valence-corrected chi connectivity index (χ0v) is 7.61. The van der Waals surface area contributed by atoms with Crippen molar-refractivity contribution in [3.63, 3.8) is 0 Å². The van der Waals surface area contributed by atoms with Crippen LogP contribution in [0.15, 0.2) is 0 Å². The van der Waals surface area contributed by atoms with E-state index < -0.39 is 6.29 Å². The summed E-state index contributed by atoms with van der Waals surface area (Å²) < 4.78 is 0. The smallest absolute Gasteiger partial charge is 0.151 e. The summed E-state index contributed by atoms with van der Waals surface area (Å²) in [4.78, 5) is 0. The van der Waals surface area contributed by atoms with Crippen LogP contribution in [-0.2, 0) is 0 Å². The predicted molar refractivity (Wildman–Crippen MR) is 46.5 cm³/mol. The summed E-state index contributed by atoms with van der Waals surface area (Å²) in [6.45, 7) is 2.20. The van der Waals surface area contributed by atoms with Crippen LogP contribution < -0.4 is 0 Å². The van der Waals surface area contributed by atoms with Crippen molar-refractivity contribution in [3.8, 4) is 0 Å². The molecule has 0 aromatic heterocycles. The highest BCUT2D eigenvalue weighted by molar-refractivity contribution is 4.36. The van der Waals surface area contributed by atoms with Gasteiger partial charge in [0, 0.05) is 13.2 Å². The Bertz CT molecular complexity index is 64.1. The van der Waals surface area contributed by atoms with E-state index in [1.807, 2.05) is 6.92 Å². The van der Waals surface area contributed by atoms with Gasteiger partial charge < -0.3 is 20.4 Å². The largest absolute Gasteiger partial charge is 0.396 e. The van der Waals surface area contributed by atoms with E-state index in [1.54, 1.807) is 0 Å². The van der Waals surface area contributed by atoms with Gasteiger partial charge in [0.05, 0.1) is 0 Å². The first kappa shape index (κ1) is 14.4. The maximum Gasteiger partial charge on any atom is 0.151 e. The van der Waals surface area contributed by atoms with Crippen LogP contribution in [0.25, 0.3) is 0 Å². The van der Waals surface area contributed by atoms with Crippen LogP contribution in [0.1, 0.15) is 32.6 Å². The summed E-state index contributed by atoms with van der Waals surface area (Å²) in [5.41, 5.74) is 0. The van der Waals surface area contributed by atoms with Gasteiger partial charge >= 0.3 is 0 Å². The average Bonchev–Trinajstić information content (AvgIpc) is 2.03. The summed E-state index contributed by atoms with van der Waals surface area (Å²) in [6, 6.07) is 0. The second-order valence-electron chi connectivity index (χ2n) is 2.42. The van der Waals surface area contributed by atoms with E-state index in [-0.39, 0.29) is 13.2 Å². The molecule has 12 heavy (non-hydrogen) atoms. The Labute approximate surface area is 73.5 Å². The van der Waals surface area contributed by atoms with E-state index in [4.69, 9.17) is 20.4 Å². The molecule has 0 fully saturated rings. The monoisotopic (exact) mass is 180 g/mol. The lowest BCUT2D eigenvalue weighted by Gasteiger charge is -1.97. The number of aliphatic hydroxyl groups is 4. The normalized spacial score (nSPS) is 9.50. The van der Waals surface area contributed by atoms with Crippen LogP contribution >= 0.6 is 0 Å². The SMILES string of the molecule is CCCCC(O)O.OCCCO. The number of rotatable bonds is 5. The molecule has 0 atom stereocenters. The number of hydrogen-bond donors (Lipinski definition) is 4. The second-order valence-corrected chi connectivity index (χ2v) is 2.42. The number of aliphatic hydroxyl groups excluding tert-OH is 3. The minimum atomic E-state index is -1.10. The van der Waals surface area contributed by atoms with Crippen LogP contribution in [0.5, 0.6) is 0 Å². The molecular formula is C8H20O4. The Morgan fingerprint density at radius 3 is 1.58 bits per heavy atom. The highest BCUT2D eigenvalue weighted by Crippen LogP contribution is 1.95.